The normalized spacial score (nSPS) is 18.4. The average molecular weight is 303 g/mol. The average Bonchev–Trinajstić information content (AvgIpc) is 2.55. The van der Waals surface area contributed by atoms with Gasteiger partial charge in [-0.2, -0.15) is 0 Å². The Morgan fingerprint density at radius 3 is 2.41 bits per heavy atom. The number of nitrogens with two attached hydrogens (primary N) is 1. The zero-order chi connectivity index (χ0) is 16.1. The van der Waals surface area contributed by atoms with Gasteiger partial charge in [0.25, 0.3) is 0 Å². The number of likely N-dealkylation sites (tertiary alicyclic amines) is 1. The van der Waals surface area contributed by atoms with E-state index in [9.17, 15) is 4.79 Å². The highest BCUT2D eigenvalue weighted by molar-refractivity contribution is 5.77. The number of rotatable bonds is 5. The van der Waals surface area contributed by atoms with Gasteiger partial charge < -0.3 is 15.5 Å². The van der Waals surface area contributed by atoms with Crippen LogP contribution in [0, 0.1) is 0 Å². The van der Waals surface area contributed by atoms with Crippen LogP contribution in [0.2, 0.25) is 0 Å². The summed E-state index contributed by atoms with van der Waals surface area (Å²) in [6.45, 7) is 6.61. The van der Waals surface area contributed by atoms with Gasteiger partial charge in [0.1, 0.15) is 0 Å². The maximum atomic E-state index is 12.5. The molecule has 1 heterocycles. The highest BCUT2D eigenvalue weighted by Crippen LogP contribution is 2.20. The zero-order valence-corrected chi connectivity index (χ0v) is 14.0. The Morgan fingerprint density at radius 1 is 1.27 bits per heavy atom. The number of amides is 1. The van der Waals surface area contributed by atoms with E-state index in [1.165, 1.54) is 0 Å². The summed E-state index contributed by atoms with van der Waals surface area (Å²) >= 11 is 0. The molecule has 0 radical (unpaired) electrons. The third kappa shape index (κ3) is 4.31. The van der Waals surface area contributed by atoms with Gasteiger partial charge in [-0.3, -0.25) is 4.79 Å². The Morgan fingerprint density at radius 2 is 1.86 bits per heavy atom. The fourth-order valence-electron chi connectivity index (χ4n) is 3.14. The molecule has 2 N–H and O–H groups in total. The Labute approximate surface area is 134 Å². The van der Waals surface area contributed by atoms with Gasteiger partial charge in [-0.05, 0) is 32.3 Å². The van der Waals surface area contributed by atoms with E-state index in [1.54, 1.807) is 0 Å². The van der Waals surface area contributed by atoms with Crippen LogP contribution in [0.3, 0.4) is 0 Å². The highest BCUT2D eigenvalue weighted by atomic mass is 16.2. The van der Waals surface area contributed by atoms with Crippen molar-refractivity contribution in [3.63, 3.8) is 0 Å². The number of carbonyl (C=O) groups excluding carboxylic acids is 1. The predicted octanol–water partition coefficient (Wildman–Crippen LogP) is 2.41. The summed E-state index contributed by atoms with van der Waals surface area (Å²) in [5.41, 5.74) is 7.20. The SMILES string of the molecule is CC(C)N1CCC(N(C)C(=O)CC(N)c2ccccc2)CC1. The quantitative estimate of drug-likeness (QED) is 0.909. The van der Waals surface area contributed by atoms with Crippen LogP contribution in [-0.4, -0.2) is 47.9 Å². The van der Waals surface area contributed by atoms with Gasteiger partial charge in [0.15, 0.2) is 0 Å². The summed E-state index contributed by atoms with van der Waals surface area (Å²) in [5.74, 6) is 0.152. The van der Waals surface area contributed by atoms with Gasteiger partial charge in [-0.15, -0.1) is 0 Å². The van der Waals surface area contributed by atoms with Crippen LogP contribution >= 0.6 is 0 Å². The molecule has 1 aromatic carbocycles. The second kappa shape index (κ2) is 7.75. The summed E-state index contributed by atoms with van der Waals surface area (Å²) in [7, 11) is 1.93. The summed E-state index contributed by atoms with van der Waals surface area (Å²) < 4.78 is 0. The molecule has 0 aromatic heterocycles. The molecular weight excluding hydrogens is 274 g/mol. The van der Waals surface area contributed by atoms with E-state index in [4.69, 9.17) is 5.73 Å². The van der Waals surface area contributed by atoms with E-state index in [0.717, 1.165) is 31.5 Å². The van der Waals surface area contributed by atoms with Gasteiger partial charge >= 0.3 is 0 Å². The van der Waals surface area contributed by atoms with Gasteiger partial charge in [0, 0.05) is 44.7 Å². The standard InChI is InChI=1S/C18H29N3O/c1-14(2)21-11-9-16(10-12-21)20(3)18(22)13-17(19)15-7-5-4-6-8-15/h4-8,14,16-17H,9-13,19H2,1-3H3. The minimum atomic E-state index is -0.216. The molecule has 1 atom stereocenters. The molecule has 1 saturated heterocycles. The molecule has 0 bridgehead atoms. The summed E-state index contributed by atoms with van der Waals surface area (Å²) in [4.78, 5) is 16.9. The smallest absolute Gasteiger partial charge is 0.224 e. The van der Waals surface area contributed by atoms with Crippen molar-refractivity contribution in [2.45, 2.75) is 51.2 Å². The lowest BCUT2D eigenvalue weighted by molar-refractivity contribution is -0.133. The van der Waals surface area contributed by atoms with E-state index < -0.39 is 0 Å². The van der Waals surface area contributed by atoms with Gasteiger partial charge in [0.2, 0.25) is 5.91 Å². The number of carbonyl (C=O) groups is 1. The fraction of sp³-hybridized carbons (Fsp3) is 0.611. The van der Waals surface area contributed by atoms with Crippen molar-refractivity contribution in [1.29, 1.82) is 0 Å². The van der Waals surface area contributed by atoms with Crippen molar-refractivity contribution in [3.05, 3.63) is 35.9 Å². The molecule has 1 amide bonds. The molecule has 1 aliphatic heterocycles. The van der Waals surface area contributed by atoms with Crippen LogP contribution in [0.5, 0.6) is 0 Å². The van der Waals surface area contributed by atoms with Gasteiger partial charge in [-0.1, -0.05) is 30.3 Å². The third-order valence-corrected chi connectivity index (χ3v) is 4.79. The van der Waals surface area contributed by atoms with Crippen LogP contribution in [-0.2, 0) is 4.79 Å². The Kier molecular flexibility index (Phi) is 5.98. The van der Waals surface area contributed by atoms with Crippen LogP contribution in [0.1, 0.15) is 44.7 Å². The molecule has 4 nitrogen and oxygen atoms in total. The van der Waals surface area contributed by atoms with E-state index in [2.05, 4.69) is 18.7 Å². The fourth-order valence-corrected chi connectivity index (χ4v) is 3.14. The minimum absolute atomic E-state index is 0.152. The van der Waals surface area contributed by atoms with Crippen molar-refractivity contribution in [2.75, 3.05) is 20.1 Å². The molecule has 1 aromatic rings. The van der Waals surface area contributed by atoms with Crippen LogP contribution < -0.4 is 5.73 Å². The Balaban J connectivity index is 1.85. The van der Waals surface area contributed by atoms with Crippen molar-refractivity contribution in [2.24, 2.45) is 5.73 Å². The molecule has 0 saturated carbocycles. The highest BCUT2D eigenvalue weighted by Gasteiger charge is 2.27. The van der Waals surface area contributed by atoms with Crippen molar-refractivity contribution in [3.8, 4) is 0 Å². The maximum Gasteiger partial charge on any atom is 0.224 e. The molecule has 122 valence electrons. The first kappa shape index (κ1) is 17.0. The molecule has 0 aliphatic carbocycles. The van der Waals surface area contributed by atoms with E-state index >= 15 is 0 Å². The maximum absolute atomic E-state index is 12.5. The number of benzene rings is 1. The van der Waals surface area contributed by atoms with Crippen molar-refractivity contribution >= 4 is 5.91 Å². The molecule has 2 rings (SSSR count). The summed E-state index contributed by atoms with van der Waals surface area (Å²) in [6.07, 6.45) is 2.49. The number of hydrogen-bond donors (Lipinski definition) is 1. The third-order valence-electron chi connectivity index (χ3n) is 4.79. The summed E-state index contributed by atoms with van der Waals surface area (Å²) in [5, 5.41) is 0. The lowest BCUT2D eigenvalue weighted by Gasteiger charge is -2.38. The van der Waals surface area contributed by atoms with Crippen LogP contribution in [0.4, 0.5) is 0 Å². The Hall–Kier alpha value is -1.39. The molecular formula is C18H29N3O. The summed E-state index contributed by atoms with van der Waals surface area (Å²) in [6, 6.07) is 10.6. The lowest BCUT2D eigenvalue weighted by atomic mass is 10.00. The largest absolute Gasteiger partial charge is 0.343 e. The molecule has 1 unspecified atom stereocenters. The first-order chi connectivity index (χ1) is 10.5. The van der Waals surface area contributed by atoms with E-state index in [1.807, 2.05) is 42.3 Å². The first-order valence-electron chi connectivity index (χ1n) is 8.29. The minimum Gasteiger partial charge on any atom is -0.343 e. The topological polar surface area (TPSA) is 49.6 Å². The number of nitrogens with zero attached hydrogens (tertiary/aromatic N) is 2. The van der Waals surface area contributed by atoms with E-state index in [-0.39, 0.29) is 11.9 Å². The lowest BCUT2D eigenvalue weighted by Crippen LogP contribution is -2.47. The van der Waals surface area contributed by atoms with E-state index in [0.29, 0.717) is 18.5 Å². The number of piperidine rings is 1. The van der Waals surface area contributed by atoms with Crippen molar-refractivity contribution in [1.82, 2.24) is 9.80 Å². The molecule has 0 spiro atoms. The predicted molar refractivity (Wildman–Crippen MR) is 90.5 cm³/mol. The van der Waals surface area contributed by atoms with Crippen LogP contribution in [0.15, 0.2) is 30.3 Å². The van der Waals surface area contributed by atoms with Gasteiger partial charge in [0.05, 0.1) is 0 Å². The molecule has 1 aliphatic rings. The molecule has 4 heteroatoms. The number of hydrogen-bond acceptors (Lipinski definition) is 3. The zero-order valence-electron chi connectivity index (χ0n) is 14.0. The van der Waals surface area contributed by atoms with Crippen molar-refractivity contribution < 1.29 is 4.79 Å². The van der Waals surface area contributed by atoms with Crippen LogP contribution in [0.25, 0.3) is 0 Å². The molecule has 22 heavy (non-hydrogen) atoms. The monoisotopic (exact) mass is 303 g/mol. The second-order valence-corrected chi connectivity index (χ2v) is 6.59. The Bertz CT molecular complexity index is 466. The second-order valence-electron chi connectivity index (χ2n) is 6.59. The molecule has 1 fully saturated rings. The first-order valence-corrected chi connectivity index (χ1v) is 8.29. The van der Waals surface area contributed by atoms with Gasteiger partial charge in [-0.25, -0.2) is 0 Å².